The maximum Gasteiger partial charge on any atom is 0.404 e. The lowest BCUT2D eigenvalue weighted by atomic mass is 10.3. The Kier molecular flexibility index (Phi) is 4.10. The molecule has 0 atom stereocenters. The normalized spacial score (nSPS) is 10.4. The molecule has 2 aromatic rings. The maximum atomic E-state index is 10.7. The molecule has 0 spiro atoms. The Morgan fingerprint density at radius 3 is 2.84 bits per heavy atom. The molecule has 1 N–H and O–H groups in total. The van der Waals surface area contributed by atoms with Gasteiger partial charge >= 0.3 is 5.82 Å². The zero-order valence-corrected chi connectivity index (χ0v) is 11.8. The van der Waals surface area contributed by atoms with E-state index in [0.717, 1.165) is 17.9 Å². The molecule has 0 radical (unpaired) electrons. The maximum absolute atomic E-state index is 10.7. The molecule has 100 valence electrons. The van der Waals surface area contributed by atoms with E-state index in [9.17, 15) is 10.1 Å². The van der Waals surface area contributed by atoms with Gasteiger partial charge in [-0.1, -0.05) is 6.07 Å². The summed E-state index contributed by atoms with van der Waals surface area (Å²) < 4.78 is 1.88. The van der Waals surface area contributed by atoms with Gasteiger partial charge in [-0.25, -0.2) is 4.98 Å². The van der Waals surface area contributed by atoms with Gasteiger partial charge in [0.05, 0.1) is 17.8 Å². The zero-order chi connectivity index (χ0) is 13.8. The number of nitrogens with one attached hydrogen (secondary N) is 1. The minimum absolute atomic E-state index is 0.183. The number of nitro groups is 1. The fourth-order valence-electron chi connectivity index (χ4n) is 1.58. The van der Waals surface area contributed by atoms with Crippen LogP contribution in [0.1, 0.15) is 12.5 Å². The number of halogens is 1. The number of aromatic nitrogens is 3. The first-order valence-corrected chi connectivity index (χ1v) is 6.45. The van der Waals surface area contributed by atoms with Crippen molar-refractivity contribution in [2.24, 2.45) is 0 Å². The van der Waals surface area contributed by atoms with Gasteiger partial charge in [0.15, 0.2) is 0 Å². The molecular weight excluding hydrogens is 314 g/mol. The minimum Gasteiger partial charge on any atom is -0.370 e. The van der Waals surface area contributed by atoms with Crippen molar-refractivity contribution in [2.75, 3.05) is 11.9 Å². The van der Waals surface area contributed by atoms with E-state index >= 15 is 0 Å². The highest BCUT2D eigenvalue weighted by atomic mass is 79.9. The van der Waals surface area contributed by atoms with Gasteiger partial charge < -0.3 is 15.4 Å². The number of hydrogen-bond acceptors (Lipinski definition) is 5. The number of nitrogens with zero attached hydrogens (tertiary/aromatic N) is 4. The van der Waals surface area contributed by atoms with Crippen LogP contribution in [-0.4, -0.2) is 26.2 Å². The fourth-order valence-corrected chi connectivity index (χ4v) is 2.04. The lowest BCUT2D eigenvalue weighted by Crippen LogP contribution is -2.03. The molecule has 0 unspecified atom stereocenters. The van der Waals surface area contributed by atoms with E-state index in [2.05, 4.69) is 31.3 Å². The van der Waals surface area contributed by atoms with E-state index in [1.54, 1.807) is 12.4 Å². The van der Waals surface area contributed by atoms with Crippen molar-refractivity contribution >= 4 is 27.6 Å². The zero-order valence-electron chi connectivity index (χ0n) is 10.2. The van der Waals surface area contributed by atoms with Gasteiger partial charge in [0.2, 0.25) is 0 Å². The van der Waals surface area contributed by atoms with E-state index < -0.39 is 4.92 Å². The topological polar surface area (TPSA) is 85.9 Å². The first kappa shape index (κ1) is 13.5. The summed E-state index contributed by atoms with van der Waals surface area (Å²) in [6.45, 7) is 3.24. The highest BCUT2D eigenvalue weighted by Crippen LogP contribution is 2.22. The van der Waals surface area contributed by atoms with Gasteiger partial charge in [0.25, 0.3) is 0 Å². The second-order valence-electron chi connectivity index (χ2n) is 3.84. The van der Waals surface area contributed by atoms with Gasteiger partial charge in [-0.2, -0.15) is 4.68 Å². The molecule has 0 bridgehead atoms. The number of rotatable bonds is 5. The van der Waals surface area contributed by atoms with Gasteiger partial charge in [-0.15, -0.1) is 0 Å². The van der Waals surface area contributed by atoms with E-state index in [1.165, 1.54) is 4.68 Å². The first-order chi connectivity index (χ1) is 9.10. The largest absolute Gasteiger partial charge is 0.404 e. The highest BCUT2D eigenvalue weighted by molar-refractivity contribution is 9.10. The summed E-state index contributed by atoms with van der Waals surface area (Å²) in [5, 5.41) is 17.7. The van der Waals surface area contributed by atoms with Crippen LogP contribution in [-0.2, 0) is 6.54 Å². The van der Waals surface area contributed by atoms with Crippen molar-refractivity contribution in [1.82, 2.24) is 14.8 Å². The molecule has 0 aliphatic heterocycles. The first-order valence-electron chi connectivity index (χ1n) is 5.66. The summed E-state index contributed by atoms with van der Waals surface area (Å²) in [4.78, 5) is 14.4. The van der Waals surface area contributed by atoms with Crippen molar-refractivity contribution in [3.05, 3.63) is 44.7 Å². The summed E-state index contributed by atoms with van der Waals surface area (Å²) in [5.74, 6) is 0.621. The van der Waals surface area contributed by atoms with Gasteiger partial charge in [0.1, 0.15) is 10.3 Å². The standard InChI is InChI=1S/C11H12BrN5O2/c1-2-13-10-4-3-8(5-14-10)6-16-7-9(12)11(15-16)17(18)19/h3-5,7H,2,6H2,1H3,(H,13,14). The Bertz CT molecular complexity index is 581. The summed E-state index contributed by atoms with van der Waals surface area (Å²) in [7, 11) is 0. The summed E-state index contributed by atoms with van der Waals surface area (Å²) in [6, 6.07) is 3.78. The van der Waals surface area contributed by atoms with Crippen molar-refractivity contribution in [2.45, 2.75) is 13.5 Å². The van der Waals surface area contributed by atoms with E-state index in [-0.39, 0.29) is 5.82 Å². The average molecular weight is 326 g/mol. The molecule has 0 saturated heterocycles. The van der Waals surface area contributed by atoms with Crippen LogP contribution in [0.3, 0.4) is 0 Å². The molecule has 0 saturated carbocycles. The molecule has 0 aromatic carbocycles. The second kappa shape index (κ2) is 5.79. The van der Waals surface area contributed by atoms with Crippen molar-refractivity contribution in [3.8, 4) is 0 Å². The highest BCUT2D eigenvalue weighted by Gasteiger charge is 2.18. The Balaban J connectivity index is 2.12. The van der Waals surface area contributed by atoms with Gasteiger partial charge in [-0.3, -0.25) is 0 Å². The van der Waals surface area contributed by atoms with Crippen molar-refractivity contribution < 1.29 is 4.92 Å². The van der Waals surface area contributed by atoms with E-state index in [1.807, 2.05) is 19.1 Å². The summed E-state index contributed by atoms with van der Waals surface area (Å²) >= 11 is 3.11. The molecule has 19 heavy (non-hydrogen) atoms. The molecule has 7 nitrogen and oxygen atoms in total. The van der Waals surface area contributed by atoms with Crippen LogP contribution in [0.25, 0.3) is 0 Å². The molecule has 0 aliphatic rings. The molecule has 2 heterocycles. The van der Waals surface area contributed by atoms with Gasteiger partial charge in [-0.05, 0) is 39.4 Å². The average Bonchev–Trinajstić information content (AvgIpc) is 2.73. The lowest BCUT2D eigenvalue weighted by Gasteiger charge is -2.02. The molecular formula is C11H12BrN5O2. The van der Waals surface area contributed by atoms with Crippen LogP contribution in [0.15, 0.2) is 29.0 Å². The van der Waals surface area contributed by atoms with Crippen LogP contribution in [0.5, 0.6) is 0 Å². The third-order valence-electron chi connectivity index (χ3n) is 2.40. The Morgan fingerprint density at radius 1 is 1.53 bits per heavy atom. The number of hydrogen-bond donors (Lipinski definition) is 1. The molecule has 0 amide bonds. The molecule has 0 aliphatic carbocycles. The quantitative estimate of drug-likeness (QED) is 0.674. The Labute approximate surface area is 117 Å². The Morgan fingerprint density at radius 2 is 2.32 bits per heavy atom. The second-order valence-corrected chi connectivity index (χ2v) is 4.69. The molecule has 2 aromatic heterocycles. The fraction of sp³-hybridized carbons (Fsp3) is 0.273. The smallest absolute Gasteiger partial charge is 0.370 e. The third-order valence-corrected chi connectivity index (χ3v) is 2.96. The number of pyridine rings is 1. The molecule has 0 fully saturated rings. The van der Waals surface area contributed by atoms with Crippen LogP contribution < -0.4 is 5.32 Å². The van der Waals surface area contributed by atoms with Crippen LogP contribution >= 0.6 is 15.9 Å². The van der Waals surface area contributed by atoms with E-state index in [4.69, 9.17) is 0 Å². The van der Waals surface area contributed by atoms with Crippen LogP contribution in [0.2, 0.25) is 0 Å². The number of anilines is 1. The molecule has 2 rings (SSSR count). The van der Waals surface area contributed by atoms with Crippen LogP contribution in [0.4, 0.5) is 11.6 Å². The van der Waals surface area contributed by atoms with Crippen LogP contribution in [0, 0.1) is 10.1 Å². The SMILES string of the molecule is CCNc1ccc(Cn2cc(Br)c([N+](=O)[O-])n2)cn1. The lowest BCUT2D eigenvalue weighted by molar-refractivity contribution is -0.390. The minimum atomic E-state index is -0.521. The monoisotopic (exact) mass is 325 g/mol. The van der Waals surface area contributed by atoms with Gasteiger partial charge in [0, 0.05) is 12.7 Å². The van der Waals surface area contributed by atoms with Crippen molar-refractivity contribution in [1.29, 1.82) is 0 Å². The Hall–Kier alpha value is -1.96. The summed E-state index contributed by atoms with van der Waals surface area (Å²) in [6.07, 6.45) is 3.30. The summed E-state index contributed by atoms with van der Waals surface area (Å²) in [5.41, 5.74) is 0.923. The third kappa shape index (κ3) is 3.28. The van der Waals surface area contributed by atoms with Crippen molar-refractivity contribution in [3.63, 3.8) is 0 Å². The predicted molar refractivity (Wildman–Crippen MR) is 74.1 cm³/mol. The van der Waals surface area contributed by atoms with E-state index in [0.29, 0.717) is 11.0 Å². The predicted octanol–water partition coefficient (Wildman–Crippen LogP) is 2.43. The molecule has 8 heteroatoms.